The monoisotopic (exact) mass is 457 g/mol. The van der Waals surface area contributed by atoms with Crippen molar-refractivity contribution in [3.8, 4) is 0 Å². The Morgan fingerprint density at radius 3 is 2.28 bits per heavy atom. The smallest absolute Gasteiger partial charge is 0.243 e. The van der Waals surface area contributed by atoms with Gasteiger partial charge in [0.15, 0.2) is 0 Å². The van der Waals surface area contributed by atoms with Gasteiger partial charge in [0, 0.05) is 50.0 Å². The molecule has 3 aliphatic rings. The zero-order valence-electron chi connectivity index (χ0n) is 18.0. The number of sulfonamides is 1. The second-order valence-electron chi connectivity index (χ2n) is 8.88. The van der Waals surface area contributed by atoms with Crippen LogP contribution in [0.4, 0.5) is 15.8 Å². The quantitative estimate of drug-likeness (QED) is 0.706. The van der Waals surface area contributed by atoms with Crippen LogP contribution in [0, 0.1) is 11.7 Å². The summed E-state index contributed by atoms with van der Waals surface area (Å²) in [6.45, 7) is 2.57. The minimum Gasteiger partial charge on any atom is -0.369 e. The van der Waals surface area contributed by atoms with Gasteiger partial charge in [0.2, 0.25) is 15.9 Å². The van der Waals surface area contributed by atoms with Gasteiger partial charge in [0.05, 0.1) is 4.90 Å². The molecule has 6 nitrogen and oxygen atoms in total. The number of halogens is 1. The number of rotatable bonds is 4. The molecule has 170 valence electrons. The molecule has 1 saturated heterocycles. The van der Waals surface area contributed by atoms with E-state index in [4.69, 9.17) is 0 Å². The first-order chi connectivity index (χ1) is 15.4. The van der Waals surface area contributed by atoms with Gasteiger partial charge in [-0.3, -0.25) is 4.79 Å². The van der Waals surface area contributed by atoms with E-state index >= 15 is 0 Å². The number of aryl methyl sites for hydroxylation is 1. The molecule has 0 unspecified atom stereocenters. The largest absolute Gasteiger partial charge is 0.369 e. The summed E-state index contributed by atoms with van der Waals surface area (Å²) in [7, 11) is -3.61. The van der Waals surface area contributed by atoms with Gasteiger partial charge in [-0.2, -0.15) is 4.31 Å². The van der Waals surface area contributed by atoms with Crippen LogP contribution in [0.3, 0.4) is 0 Å². The van der Waals surface area contributed by atoms with E-state index in [2.05, 4.69) is 4.90 Å². The van der Waals surface area contributed by atoms with Gasteiger partial charge in [-0.1, -0.05) is 6.42 Å². The molecule has 2 aliphatic heterocycles. The molecule has 2 heterocycles. The van der Waals surface area contributed by atoms with E-state index in [1.807, 2.05) is 11.0 Å². The van der Waals surface area contributed by atoms with Crippen LogP contribution in [0.5, 0.6) is 0 Å². The van der Waals surface area contributed by atoms with Gasteiger partial charge in [0.25, 0.3) is 0 Å². The van der Waals surface area contributed by atoms with Crippen LogP contribution in [0.2, 0.25) is 0 Å². The summed E-state index contributed by atoms with van der Waals surface area (Å²) in [5.74, 6) is 0.0295. The van der Waals surface area contributed by atoms with Crippen molar-refractivity contribution >= 4 is 27.3 Å². The summed E-state index contributed by atoms with van der Waals surface area (Å²) in [6, 6.07) is 11.5. The SMILES string of the molecule is O=C(C1CCC1)N1CCCc2cc(S(=O)(=O)N3CCN(c4ccc(F)cc4)CC3)ccc21. The van der Waals surface area contributed by atoms with Crippen LogP contribution in [-0.4, -0.2) is 51.4 Å². The number of carbonyl (C=O) groups excluding carboxylic acids is 1. The molecule has 0 radical (unpaired) electrons. The molecular formula is C24H28FN3O3S. The number of anilines is 2. The molecule has 0 N–H and O–H groups in total. The van der Waals surface area contributed by atoms with Crippen molar-refractivity contribution in [2.45, 2.75) is 37.0 Å². The summed E-state index contributed by atoms with van der Waals surface area (Å²) in [6.07, 6.45) is 4.67. The highest BCUT2D eigenvalue weighted by atomic mass is 32.2. The van der Waals surface area contributed by atoms with Crippen molar-refractivity contribution in [3.05, 3.63) is 53.8 Å². The van der Waals surface area contributed by atoms with Crippen LogP contribution in [-0.2, 0) is 21.2 Å². The van der Waals surface area contributed by atoms with Gasteiger partial charge >= 0.3 is 0 Å². The Bertz CT molecular complexity index is 1110. The molecule has 2 fully saturated rings. The molecular weight excluding hydrogens is 429 g/mol. The number of fused-ring (bicyclic) bond motifs is 1. The van der Waals surface area contributed by atoms with E-state index in [1.54, 1.807) is 24.3 Å². The van der Waals surface area contributed by atoms with Crippen molar-refractivity contribution in [1.29, 1.82) is 0 Å². The highest BCUT2D eigenvalue weighted by Gasteiger charge is 2.34. The number of piperazine rings is 1. The summed E-state index contributed by atoms with van der Waals surface area (Å²) in [5.41, 5.74) is 2.71. The number of benzene rings is 2. The van der Waals surface area contributed by atoms with E-state index < -0.39 is 10.0 Å². The summed E-state index contributed by atoms with van der Waals surface area (Å²) in [5, 5.41) is 0. The molecule has 0 atom stereocenters. The van der Waals surface area contributed by atoms with E-state index in [1.165, 1.54) is 16.4 Å². The highest BCUT2D eigenvalue weighted by molar-refractivity contribution is 7.89. The number of amides is 1. The fraction of sp³-hybridized carbons (Fsp3) is 0.458. The van der Waals surface area contributed by atoms with E-state index in [0.29, 0.717) is 37.6 Å². The molecule has 0 spiro atoms. The predicted octanol–water partition coefficient (Wildman–Crippen LogP) is 3.42. The lowest BCUT2D eigenvalue weighted by molar-refractivity contribution is -0.124. The molecule has 32 heavy (non-hydrogen) atoms. The fourth-order valence-corrected chi connectivity index (χ4v) is 6.30. The second kappa shape index (κ2) is 8.48. The lowest BCUT2D eigenvalue weighted by atomic mass is 9.83. The second-order valence-corrected chi connectivity index (χ2v) is 10.8. The molecule has 1 saturated carbocycles. The molecule has 1 aliphatic carbocycles. The maximum absolute atomic E-state index is 13.3. The lowest BCUT2D eigenvalue weighted by Crippen LogP contribution is -2.48. The first-order valence-electron chi connectivity index (χ1n) is 11.4. The van der Waals surface area contributed by atoms with E-state index in [0.717, 1.165) is 49.0 Å². The first kappa shape index (κ1) is 21.4. The van der Waals surface area contributed by atoms with Crippen LogP contribution < -0.4 is 9.80 Å². The molecule has 1 amide bonds. The summed E-state index contributed by atoms with van der Waals surface area (Å²) >= 11 is 0. The number of carbonyl (C=O) groups is 1. The van der Waals surface area contributed by atoms with Crippen LogP contribution in [0.15, 0.2) is 47.4 Å². The molecule has 5 rings (SSSR count). The first-order valence-corrected chi connectivity index (χ1v) is 12.8. The van der Waals surface area contributed by atoms with Crippen LogP contribution >= 0.6 is 0 Å². The van der Waals surface area contributed by atoms with Crippen molar-refractivity contribution in [2.75, 3.05) is 42.5 Å². The van der Waals surface area contributed by atoms with E-state index in [-0.39, 0.29) is 17.6 Å². The number of hydrogen-bond donors (Lipinski definition) is 0. The van der Waals surface area contributed by atoms with Crippen molar-refractivity contribution in [1.82, 2.24) is 4.31 Å². The Morgan fingerprint density at radius 1 is 0.906 bits per heavy atom. The Kier molecular flexibility index (Phi) is 5.67. The van der Waals surface area contributed by atoms with Crippen molar-refractivity contribution in [3.63, 3.8) is 0 Å². The molecule has 8 heteroatoms. The zero-order chi connectivity index (χ0) is 22.3. The van der Waals surface area contributed by atoms with Crippen molar-refractivity contribution < 1.29 is 17.6 Å². The predicted molar refractivity (Wildman–Crippen MR) is 122 cm³/mol. The molecule has 0 bridgehead atoms. The highest BCUT2D eigenvalue weighted by Crippen LogP contribution is 2.35. The Morgan fingerprint density at radius 2 is 1.62 bits per heavy atom. The normalized spacial score (nSPS) is 20.0. The maximum atomic E-state index is 13.3. The summed E-state index contributed by atoms with van der Waals surface area (Å²) in [4.78, 5) is 17.0. The Hall–Kier alpha value is -2.45. The zero-order valence-corrected chi connectivity index (χ0v) is 18.9. The van der Waals surface area contributed by atoms with Crippen LogP contribution in [0.1, 0.15) is 31.2 Å². The Labute approximate surface area is 188 Å². The maximum Gasteiger partial charge on any atom is 0.243 e. The number of hydrogen-bond acceptors (Lipinski definition) is 4. The third-order valence-corrected chi connectivity index (χ3v) is 8.85. The molecule has 2 aromatic carbocycles. The van der Waals surface area contributed by atoms with Crippen LogP contribution in [0.25, 0.3) is 0 Å². The Balaban J connectivity index is 1.31. The lowest BCUT2D eigenvalue weighted by Gasteiger charge is -2.36. The van der Waals surface area contributed by atoms with E-state index in [9.17, 15) is 17.6 Å². The fourth-order valence-electron chi connectivity index (χ4n) is 4.83. The molecule has 2 aromatic rings. The van der Waals surface area contributed by atoms with Gasteiger partial charge < -0.3 is 9.80 Å². The van der Waals surface area contributed by atoms with Gasteiger partial charge in [-0.05, 0) is 73.7 Å². The van der Waals surface area contributed by atoms with Gasteiger partial charge in [-0.15, -0.1) is 0 Å². The molecule has 0 aromatic heterocycles. The van der Waals surface area contributed by atoms with Crippen molar-refractivity contribution in [2.24, 2.45) is 5.92 Å². The average Bonchev–Trinajstić information content (AvgIpc) is 2.77. The average molecular weight is 458 g/mol. The van der Waals surface area contributed by atoms with Gasteiger partial charge in [0.1, 0.15) is 5.82 Å². The summed E-state index contributed by atoms with van der Waals surface area (Å²) < 4.78 is 41.3. The minimum atomic E-state index is -3.61. The number of nitrogens with zero attached hydrogens (tertiary/aromatic N) is 3. The minimum absolute atomic E-state index is 0.127. The standard InChI is InChI=1S/C24H28FN3O3S/c25-20-6-8-21(9-7-20)26-13-15-27(16-14-26)32(30,31)22-10-11-23-19(17-22)5-2-12-28(23)24(29)18-3-1-4-18/h6-11,17-18H,1-5,12-16H2. The third-order valence-electron chi connectivity index (χ3n) is 6.96. The topological polar surface area (TPSA) is 60.9 Å². The third kappa shape index (κ3) is 3.90. The van der Waals surface area contributed by atoms with Gasteiger partial charge in [-0.25, -0.2) is 12.8 Å².